The molecule has 0 aliphatic carbocycles. The topological polar surface area (TPSA) is 108 Å². The summed E-state index contributed by atoms with van der Waals surface area (Å²) in [6.07, 6.45) is 30.3. The minimum atomic E-state index is -4.59. The number of aliphatic hydroxyl groups is 1. The molecular formula is C34H63N2O6P. The Kier molecular flexibility index (Phi) is 25.9. The number of allylic oxidation sites excluding steroid dienone is 7. The minimum Gasteiger partial charge on any atom is -0.756 e. The Morgan fingerprint density at radius 2 is 1.33 bits per heavy atom. The molecule has 8 nitrogen and oxygen atoms in total. The highest BCUT2D eigenvalue weighted by atomic mass is 31.2. The maximum atomic E-state index is 12.6. The maximum Gasteiger partial charge on any atom is 0.268 e. The van der Waals surface area contributed by atoms with Crippen molar-refractivity contribution in [3.63, 3.8) is 0 Å². The van der Waals surface area contributed by atoms with Crippen LogP contribution in [0.3, 0.4) is 0 Å². The number of aliphatic hydroxyl groups excluding tert-OH is 1. The Morgan fingerprint density at radius 3 is 1.91 bits per heavy atom. The average Bonchev–Trinajstić information content (AvgIpc) is 2.94. The van der Waals surface area contributed by atoms with Crippen molar-refractivity contribution >= 4 is 13.7 Å². The van der Waals surface area contributed by atoms with Crippen LogP contribution in [-0.2, 0) is 18.4 Å². The van der Waals surface area contributed by atoms with Crippen LogP contribution < -0.4 is 10.2 Å². The second kappa shape index (κ2) is 26.8. The van der Waals surface area contributed by atoms with Crippen LogP contribution in [0.5, 0.6) is 0 Å². The van der Waals surface area contributed by atoms with Crippen molar-refractivity contribution in [2.75, 3.05) is 40.9 Å². The standard InChI is InChI=1S/C34H63N2O6P/c1-6-8-10-12-14-16-17-18-20-21-23-25-27-33(37)32(31-42-43(39,40)41-30-29-36(3,4)5)35-34(38)28-26-24-22-19-15-13-11-9-7-2/h12,14,18-20,22,25,27,32-33,37H,6-11,13,15-17,21,23-24,26,28-31H2,1-5H3,(H-,35,38,39,40)/b14-12+,20-18+,22-19-,27-25+. The number of nitrogens with zero attached hydrogens (tertiary/aromatic N) is 1. The van der Waals surface area contributed by atoms with Gasteiger partial charge in [0.15, 0.2) is 0 Å². The molecule has 2 N–H and O–H groups in total. The highest BCUT2D eigenvalue weighted by Crippen LogP contribution is 2.38. The zero-order valence-electron chi connectivity index (χ0n) is 27.9. The Labute approximate surface area is 263 Å². The first kappa shape index (κ1) is 41.5. The van der Waals surface area contributed by atoms with Crippen LogP contribution in [0.2, 0.25) is 0 Å². The number of hydrogen-bond acceptors (Lipinski definition) is 6. The molecule has 0 heterocycles. The van der Waals surface area contributed by atoms with Crippen molar-refractivity contribution in [3.05, 3.63) is 48.6 Å². The van der Waals surface area contributed by atoms with E-state index in [0.717, 1.165) is 44.9 Å². The number of rotatable bonds is 28. The van der Waals surface area contributed by atoms with Crippen LogP contribution in [-0.4, -0.2) is 68.5 Å². The van der Waals surface area contributed by atoms with Crippen LogP contribution in [0.1, 0.15) is 110 Å². The van der Waals surface area contributed by atoms with E-state index in [1.165, 1.54) is 38.5 Å². The van der Waals surface area contributed by atoms with Crippen molar-refractivity contribution in [3.8, 4) is 0 Å². The van der Waals surface area contributed by atoms with Crippen molar-refractivity contribution < 1.29 is 32.9 Å². The third kappa shape index (κ3) is 29.0. The lowest BCUT2D eigenvalue weighted by Gasteiger charge is -2.29. The number of likely N-dealkylation sites (N-methyl/N-ethyl adjacent to an activating group) is 1. The fourth-order valence-corrected chi connectivity index (χ4v) is 4.72. The predicted octanol–water partition coefficient (Wildman–Crippen LogP) is 7.16. The van der Waals surface area contributed by atoms with Gasteiger partial charge >= 0.3 is 0 Å². The first-order chi connectivity index (χ1) is 20.5. The molecule has 3 atom stereocenters. The molecule has 0 aliphatic rings. The summed E-state index contributed by atoms with van der Waals surface area (Å²) in [6, 6.07) is -0.919. The van der Waals surface area contributed by atoms with Gasteiger partial charge in [-0.25, -0.2) is 0 Å². The van der Waals surface area contributed by atoms with Gasteiger partial charge in [0.2, 0.25) is 5.91 Å². The summed E-state index contributed by atoms with van der Waals surface area (Å²) < 4.78 is 22.9. The second-order valence-electron chi connectivity index (χ2n) is 12.1. The van der Waals surface area contributed by atoms with Crippen molar-refractivity contribution in [2.45, 2.75) is 122 Å². The van der Waals surface area contributed by atoms with E-state index < -0.39 is 26.6 Å². The highest BCUT2D eigenvalue weighted by Gasteiger charge is 2.23. The van der Waals surface area contributed by atoms with Gasteiger partial charge in [-0.15, -0.1) is 0 Å². The summed E-state index contributed by atoms with van der Waals surface area (Å²) in [5, 5.41) is 13.5. The molecule has 0 spiro atoms. The number of carbonyl (C=O) groups excluding carboxylic acids is 1. The van der Waals surface area contributed by atoms with Crippen LogP contribution in [0.15, 0.2) is 48.6 Å². The first-order valence-electron chi connectivity index (χ1n) is 16.5. The summed E-state index contributed by atoms with van der Waals surface area (Å²) in [6.45, 7) is 4.45. The Bertz CT molecular complexity index is 850. The van der Waals surface area contributed by atoms with Gasteiger partial charge in [0.25, 0.3) is 7.82 Å². The number of carbonyl (C=O) groups is 1. The molecule has 0 aliphatic heterocycles. The Balaban J connectivity index is 4.79. The number of unbranched alkanes of at least 4 members (excludes halogenated alkanes) is 9. The van der Waals surface area contributed by atoms with Gasteiger partial charge in [-0.1, -0.05) is 94.6 Å². The molecule has 0 rings (SSSR count). The highest BCUT2D eigenvalue weighted by molar-refractivity contribution is 7.45. The van der Waals surface area contributed by atoms with Crippen molar-refractivity contribution in [1.82, 2.24) is 5.32 Å². The minimum absolute atomic E-state index is 0.0153. The van der Waals surface area contributed by atoms with E-state index in [4.69, 9.17) is 9.05 Å². The molecule has 250 valence electrons. The number of nitrogens with one attached hydrogen (secondary N) is 1. The Morgan fingerprint density at radius 1 is 0.791 bits per heavy atom. The van der Waals surface area contributed by atoms with E-state index in [9.17, 15) is 19.4 Å². The molecule has 0 radical (unpaired) electrons. The van der Waals surface area contributed by atoms with Gasteiger partial charge in [-0.2, -0.15) is 0 Å². The first-order valence-corrected chi connectivity index (χ1v) is 18.0. The summed E-state index contributed by atoms with van der Waals surface area (Å²) in [4.78, 5) is 24.9. The van der Waals surface area contributed by atoms with Gasteiger partial charge in [0.1, 0.15) is 13.2 Å². The lowest BCUT2D eigenvalue weighted by Crippen LogP contribution is -2.45. The summed E-state index contributed by atoms with van der Waals surface area (Å²) in [7, 11) is 1.20. The van der Waals surface area contributed by atoms with Crippen LogP contribution in [0.25, 0.3) is 0 Å². The maximum absolute atomic E-state index is 12.6. The monoisotopic (exact) mass is 626 g/mol. The molecule has 9 heteroatoms. The fraction of sp³-hybridized carbons (Fsp3) is 0.735. The normalized spacial score (nSPS) is 15.6. The van der Waals surface area contributed by atoms with Crippen LogP contribution in [0, 0.1) is 0 Å². The molecule has 0 aromatic rings. The molecule has 0 bridgehead atoms. The number of quaternary nitrogens is 1. The van der Waals surface area contributed by atoms with Crippen molar-refractivity contribution in [1.29, 1.82) is 0 Å². The summed E-state index contributed by atoms with van der Waals surface area (Å²) >= 11 is 0. The quantitative estimate of drug-likeness (QED) is 0.0413. The zero-order chi connectivity index (χ0) is 32.2. The molecule has 0 saturated carbocycles. The van der Waals surface area contributed by atoms with E-state index in [2.05, 4.69) is 55.6 Å². The van der Waals surface area contributed by atoms with E-state index >= 15 is 0 Å². The van der Waals surface area contributed by atoms with Gasteiger partial charge in [0.05, 0.1) is 39.9 Å². The van der Waals surface area contributed by atoms with Gasteiger partial charge in [0, 0.05) is 6.42 Å². The molecule has 0 saturated heterocycles. The van der Waals surface area contributed by atoms with E-state index in [1.54, 1.807) is 6.08 Å². The molecule has 1 amide bonds. The SMILES string of the molecule is CCCC/C=C/CC/C=C/CC/C=C/C(O)C(COP(=O)([O-])OCC[N+](C)(C)C)NC(=O)CCC/C=C\CCCCCC. The molecule has 0 fully saturated rings. The largest absolute Gasteiger partial charge is 0.756 e. The van der Waals surface area contributed by atoms with Gasteiger partial charge < -0.3 is 28.8 Å². The number of phosphoric acid groups is 1. The van der Waals surface area contributed by atoms with E-state index in [0.29, 0.717) is 17.4 Å². The molecular weight excluding hydrogens is 563 g/mol. The molecule has 43 heavy (non-hydrogen) atoms. The van der Waals surface area contributed by atoms with E-state index in [-0.39, 0.29) is 18.9 Å². The number of phosphoric ester groups is 1. The van der Waals surface area contributed by atoms with Crippen LogP contribution in [0.4, 0.5) is 0 Å². The summed E-state index contributed by atoms with van der Waals surface area (Å²) in [5.41, 5.74) is 0. The van der Waals surface area contributed by atoms with Gasteiger partial charge in [-0.05, 0) is 57.8 Å². The third-order valence-electron chi connectivity index (χ3n) is 6.74. The zero-order valence-corrected chi connectivity index (χ0v) is 28.8. The molecule has 3 unspecified atom stereocenters. The number of hydrogen-bond donors (Lipinski definition) is 2. The lowest BCUT2D eigenvalue weighted by molar-refractivity contribution is -0.870. The fourth-order valence-electron chi connectivity index (χ4n) is 3.99. The number of amides is 1. The van der Waals surface area contributed by atoms with E-state index in [1.807, 2.05) is 27.2 Å². The van der Waals surface area contributed by atoms with Gasteiger partial charge in [-0.3, -0.25) is 9.36 Å². The Hall–Kier alpha value is -1.54. The smallest absolute Gasteiger partial charge is 0.268 e. The molecule has 0 aromatic carbocycles. The third-order valence-corrected chi connectivity index (χ3v) is 7.70. The average molecular weight is 627 g/mol. The molecule has 0 aromatic heterocycles. The predicted molar refractivity (Wildman–Crippen MR) is 178 cm³/mol. The summed E-state index contributed by atoms with van der Waals surface area (Å²) in [5.74, 6) is -0.254. The lowest BCUT2D eigenvalue weighted by atomic mass is 10.1. The van der Waals surface area contributed by atoms with Crippen LogP contribution >= 0.6 is 7.82 Å². The second-order valence-corrected chi connectivity index (χ2v) is 13.5. The van der Waals surface area contributed by atoms with Crippen molar-refractivity contribution in [2.24, 2.45) is 0 Å².